The quantitative estimate of drug-likeness (QED) is 0.830. The minimum atomic E-state index is -3.55. The van der Waals surface area contributed by atoms with Crippen molar-refractivity contribution in [2.24, 2.45) is 0 Å². The molecule has 7 nitrogen and oxygen atoms in total. The van der Waals surface area contributed by atoms with E-state index < -0.39 is 16.0 Å². The average molecular weight is 309 g/mol. The number of nitrogens with zero attached hydrogens (tertiary/aromatic N) is 2. The summed E-state index contributed by atoms with van der Waals surface area (Å²) in [5, 5.41) is 8.92. The van der Waals surface area contributed by atoms with Crippen molar-refractivity contribution in [1.82, 2.24) is 14.3 Å². The van der Waals surface area contributed by atoms with Crippen LogP contribution in [0.1, 0.15) is 21.7 Å². The fraction of sp³-hybridized carbons (Fsp3) is 0.231. The Bertz CT molecular complexity index is 726. The third kappa shape index (κ3) is 3.89. The number of benzene rings is 1. The number of sulfonamides is 1. The van der Waals surface area contributed by atoms with E-state index in [1.165, 1.54) is 29.6 Å². The third-order valence-corrected chi connectivity index (χ3v) is 4.70. The highest BCUT2D eigenvalue weighted by molar-refractivity contribution is 7.88. The lowest BCUT2D eigenvalue weighted by molar-refractivity contribution is 0.0696. The van der Waals surface area contributed by atoms with Gasteiger partial charge in [0.15, 0.2) is 0 Å². The third-order valence-electron chi connectivity index (χ3n) is 2.93. The van der Waals surface area contributed by atoms with E-state index in [-0.39, 0.29) is 17.9 Å². The first-order valence-corrected chi connectivity index (χ1v) is 7.74. The molecule has 1 aromatic carbocycles. The zero-order chi connectivity index (χ0) is 15.5. The first-order chi connectivity index (χ1) is 9.88. The maximum absolute atomic E-state index is 12.2. The largest absolute Gasteiger partial charge is 0.478 e. The van der Waals surface area contributed by atoms with E-state index in [1.807, 2.05) is 0 Å². The van der Waals surface area contributed by atoms with Gasteiger partial charge in [-0.3, -0.25) is 0 Å². The van der Waals surface area contributed by atoms with Crippen LogP contribution in [0.25, 0.3) is 0 Å². The van der Waals surface area contributed by atoms with Gasteiger partial charge >= 0.3 is 5.97 Å². The van der Waals surface area contributed by atoms with Crippen LogP contribution in [0.4, 0.5) is 0 Å². The van der Waals surface area contributed by atoms with Crippen molar-refractivity contribution in [1.29, 1.82) is 0 Å². The van der Waals surface area contributed by atoms with Gasteiger partial charge in [-0.2, -0.15) is 4.31 Å². The summed E-state index contributed by atoms with van der Waals surface area (Å²) in [4.78, 5) is 17.7. The van der Waals surface area contributed by atoms with Gasteiger partial charge in [0.25, 0.3) is 0 Å². The second-order valence-electron chi connectivity index (χ2n) is 4.55. The van der Waals surface area contributed by atoms with E-state index in [0.717, 1.165) is 0 Å². The molecule has 0 unspecified atom stereocenters. The lowest BCUT2D eigenvalue weighted by atomic mass is 10.1. The second kappa shape index (κ2) is 6.06. The summed E-state index contributed by atoms with van der Waals surface area (Å²) >= 11 is 0. The molecule has 21 heavy (non-hydrogen) atoms. The summed E-state index contributed by atoms with van der Waals surface area (Å²) in [6.07, 6.45) is 3.16. The summed E-state index contributed by atoms with van der Waals surface area (Å²) in [6.45, 7) is 0.133. The molecule has 0 saturated heterocycles. The molecule has 0 radical (unpaired) electrons. The summed E-state index contributed by atoms with van der Waals surface area (Å²) in [6, 6.07) is 5.90. The number of rotatable bonds is 6. The van der Waals surface area contributed by atoms with E-state index in [0.29, 0.717) is 11.4 Å². The first-order valence-electron chi connectivity index (χ1n) is 6.13. The number of carbonyl (C=O) groups is 1. The van der Waals surface area contributed by atoms with Gasteiger partial charge in [-0.25, -0.2) is 18.2 Å². The number of aromatic nitrogens is 2. The van der Waals surface area contributed by atoms with Gasteiger partial charge in [0.05, 0.1) is 17.9 Å². The molecule has 1 aromatic heterocycles. The summed E-state index contributed by atoms with van der Waals surface area (Å²) < 4.78 is 25.7. The Balaban J connectivity index is 2.13. The van der Waals surface area contributed by atoms with Crippen LogP contribution in [0.3, 0.4) is 0 Å². The molecular weight excluding hydrogens is 294 g/mol. The van der Waals surface area contributed by atoms with E-state index in [4.69, 9.17) is 5.11 Å². The highest BCUT2D eigenvalue weighted by Gasteiger charge is 2.20. The lowest BCUT2D eigenvalue weighted by Gasteiger charge is -2.16. The van der Waals surface area contributed by atoms with Gasteiger partial charge < -0.3 is 10.1 Å². The molecule has 0 bridgehead atoms. The molecule has 0 aliphatic carbocycles. The van der Waals surface area contributed by atoms with Gasteiger partial charge in [0.2, 0.25) is 10.0 Å². The highest BCUT2D eigenvalue weighted by Crippen LogP contribution is 2.13. The van der Waals surface area contributed by atoms with Crippen molar-refractivity contribution >= 4 is 16.0 Å². The predicted octanol–water partition coefficient (Wildman–Crippen LogP) is 1.07. The molecule has 8 heteroatoms. The number of nitrogens with one attached hydrogen (secondary N) is 1. The van der Waals surface area contributed by atoms with E-state index in [1.54, 1.807) is 18.5 Å². The zero-order valence-electron chi connectivity index (χ0n) is 11.4. The molecule has 2 rings (SSSR count). The Kier molecular flexibility index (Phi) is 4.39. The van der Waals surface area contributed by atoms with Crippen LogP contribution < -0.4 is 0 Å². The smallest absolute Gasteiger partial charge is 0.335 e. The molecule has 1 heterocycles. The molecule has 112 valence electrons. The molecule has 0 spiro atoms. The standard InChI is InChI=1S/C13H15N3O4S/c1-16(8-12-14-5-6-15-12)21(19,20)9-10-3-2-4-11(7-10)13(17)18/h2-7H,8-9H2,1H3,(H,14,15)(H,17,18). The minimum absolute atomic E-state index is 0.0661. The van der Waals surface area contributed by atoms with Crippen molar-refractivity contribution in [3.05, 3.63) is 53.6 Å². The van der Waals surface area contributed by atoms with Crippen molar-refractivity contribution < 1.29 is 18.3 Å². The van der Waals surface area contributed by atoms with E-state index >= 15 is 0 Å². The minimum Gasteiger partial charge on any atom is -0.478 e. The van der Waals surface area contributed by atoms with Crippen LogP contribution in [0, 0.1) is 0 Å². The predicted molar refractivity (Wildman–Crippen MR) is 76.1 cm³/mol. The zero-order valence-corrected chi connectivity index (χ0v) is 12.2. The maximum Gasteiger partial charge on any atom is 0.335 e. The fourth-order valence-corrected chi connectivity index (χ4v) is 2.95. The van der Waals surface area contributed by atoms with Crippen LogP contribution in [-0.4, -0.2) is 40.8 Å². The number of carboxylic acids is 1. The number of hydrogen-bond donors (Lipinski definition) is 2. The van der Waals surface area contributed by atoms with Crippen molar-refractivity contribution in [3.8, 4) is 0 Å². The van der Waals surface area contributed by atoms with Crippen molar-refractivity contribution in [3.63, 3.8) is 0 Å². The van der Waals surface area contributed by atoms with Crippen LogP contribution >= 0.6 is 0 Å². The van der Waals surface area contributed by atoms with Crippen LogP contribution in [0.15, 0.2) is 36.7 Å². The van der Waals surface area contributed by atoms with Gasteiger partial charge in [0, 0.05) is 19.4 Å². The van der Waals surface area contributed by atoms with E-state index in [9.17, 15) is 13.2 Å². The van der Waals surface area contributed by atoms with Gasteiger partial charge in [-0.15, -0.1) is 0 Å². The number of hydrogen-bond acceptors (Lipinski definition) is 4. The van der Waals surface area contributed by atoms with Crippen LogP contribution in [0.2, 0.25) is 0 Å². The molecule has 0 amide bonds. The van der Waals surface area contributed by atoms with Crippen molar-refractivity contribution in [2.75, 3.05) is 7.05 Å². The SMILES string of the molecule is CN(Cc1ncc[nH]1)S(=O)(=O)Cc1cccc(C(=O)O)c1. The van der Waals surface area contributed by atoms with Crippen LogP contribution in [0.5, 0.6) is 0 Å². The molecule has 0 aliphatic rings. The number of H-pyrrole nitrogens is 1. The molecule has 0 atom stereocenters. The fourth-order valence-electron chi connectivity index (χ4n) is 1.81. The first kappa shape index (κ1) is 15.2. The summed E-state index contributed by atoms with van der Waals surface area (Å²) in [5.74, 6) is -0.802. The molecule has 0 fully saturated rings. The molecule has 2 aromatic rings. The molecule has 0 aliphatic heterocycles. The normalized spacial score (nSPS) is 11.7. The monoisotopic (exact) mass is 309 g/mol. The van der Waals surface area contributed by atoms with Crippen LogP contribution in [-0.2, 0) is 22.3 Å². The van der Waals surface area contributed by atoms with E-state index in [2.05, 4.69) is 9.97 Å². The topological polar surface area (TPSA) is 103 Å². The van der Waals surface area contributed by atoms with Gasteiger partial charge in [0.1, 0.15) is 5.82 Å². The number of carboxylic acid groups (broad SMARTS) is 1. The average Bonchev–Trinajstić information content (AvgIpc) is 2.91. The van der Waals surface area contributed by atoms with Crippen molar-refractivity contribution in [2.45, 2.75) is 12.3 Å². The molecule has 0 saturated carbocycles. The summed E-state index contributed by atoms with van der Waals surface area (Å²) in [7, 11) is -2.09. The Morgan fingerprint density at radius 3 is 2.81 bits per heavy atom. The number of aromatic amines is 1. The second-order valence-corrected chi connectivity index (χ2v) is 6.63. The Labute approximate surface area is 122 Å². The lowest BCUT2D eigenvalue weighted by Crippen LogP contribution is -2.28. The summed E-state index contributed by atoms with van der Waals surface area (Å²) in [5.41, 5.74) is 0.498. The number of aromatic carboxylic acids is 1. The highest BCUT2D eigenvalue weighted by atomic mass is 32.2. The molecule has 2 N–H and O–H groups in total. The Morgan fingerprint density at radius 1 is 1.43 bits per heavy atom. The number of imidazole rings is 1. The Hall–Kier alpha value is -2.19. The molecular formula is C13H15N3O4S. The van der Waals surface area contributed by atoms with Gasteiger partial charge in [-0.1, -0.05) is 12.1 Å². The Morgan fingerprint density at radius 2 is 2.19 bits per heavy atom. The maximum atomic E-state index is 12.2. The van der Waals surface area contributed by atoms with Gasteiger partial charge in [-0.05, 0) is 17.7 Å².